The van der Waals surface area contributed by atoms with E-state index in [9.17, 15) is 19.8 Å². The van der Waals surface area contributed by atoms with E-state index in [2.05, 4.69) is 43.5 Å². The van der Waals surface area contributed by atoms with Crippen LogP contribution in [0.2, 0.25) is 0 Å². The number of carbonyl (C=O) groups excluding carboxylic acids is 2. The van der Waals surface area contributed by atoms with Gasteiger partial charge in [-0.25, -0.2) is 0 Å². The zero-order chi connectivity index (χ0) is 59.2. The monoisotopic (exact) mass is 1150 g/mol. The van der Waals surface area contributed by atoms with E-state index in [1.54, 1.807) is 0 Å². The van der Waals surface area contributed by atoms with Gasteiger partial charge in [-0.2, -0.15) is 0 Å². The molecule has 1 amide bonds. The fourth-order valence-electron chi connectivity index (χ4n) is 12.0. The first-order chi connectivity index (χ1) is 40.5. The van der Waals surface area contributed by atoms with Gasteiger partial charge in [-0.15, -0.1) is 0 Å². The Balaban J connectivity index is 3.32. The molecule has 0 rings (SSSR count). The maximum atomic E-state index is 12.5. The van der Waals surface area contributed by atoms with Crippen molar-refractivity contribution in [1.29, 1.82) is 0 Å². The maximum Gasteiger partial charge on any atom is 0.305 e. The first kappa shape index (κ1) is 80.3. The van der Waals surface area contributed by atoms with Crippen LogP contribution in [0.1, 0.15) is 425 Å². The third-order valence-corrected chi connectivity index (χ3v) is 17.7. The Kier molecular flexibility index (Phi) is 70.4. The second kappa shape index (κ2) is 71.8. The molecule has 486 valence electrons. The summed E-state index contributed by atoms with van der Waals surface area (Å²) in [6.07, 6.45) is 91.1. The molecule has 0 aromatic heterocycles. The number of aliphatic hydroxyl groups is 2. The number of nitrogens with one attached hydrogen (secondary N) is 1. The molecule has 0 aliphatic rings. The normalized spacial score (nSPS) is 12.6. The van der Waals surface area contributed by atoms with Crippen molar-refractivity contribution in [3.05, 3.63) is 24.3 Å². The fraction of sp³-hybridized carbons (Fsp3) is 0.921. The molecule has 0 aliphatic carbocycles. The Labute approximate surface area is 513 Å². The van der Waals surface area contributed by atoms with Gasteiger partial charge < -0.3 is 20.3 Å². The van der Waals surface area contributed by atoms with Gasteiger partial charge in [0, 0.05) is 12.8 Å². The summed E-state index contributed by atoms with van der Waals surface area (Å²) in [5.41, 5.74) is 0. The predicted molar refractivity (Wildman–Crippen MR) is 361 cm³/mol. The first-order valence-corrected chi connectivity index (χ1v) is 37.6. The Hall–Kier alpha value is -1.66. The number of allylic oxidation sites excluding steroid dienone is 4. The van der Waals surface area contributed by atoms with Crippen molar-refractivity contribution in [2.24, 2.45) is 0 Å². The number of ether oxygens (including phenoxy) is 1. The van der Waals surface area contributed by atoms with Crippen LogP contribution in [0.4, 0.5) is 0 Å². The SMILES string of the molecule is CCCCCCCC/C=C\CCCCCCCCCCCC(=O)OCCCCCCCCCCCCCC/C=C\CCCCCCCCCCCCCCCCCCCC(=O)NC(CO)C(O)CCCCCCCCCCCCCCC. The predicted octanol–water partition coefficient (Wildman–Crippen LogP) is 24.5. The number of hydrogen-bond donors (Lipinski definition) is 3. The molecule has 2 atom stereocenters. The molecule has 0 aromatic carbocycles. The summed E-state index contributed by atoms with van der Waals surface area (Å²) in [6.45, 7) is 4.98. The van der Waals surface area contributed by atoms with E-state index < -0.39 is 12.1 Å². The van der Waals surface area contributed by atoms with Crippen molar-refractivity contribution >= 4 is 11.9 Å². The standard InChI is InChI=1S/C76H147NO5/c1-3-5-7-9-11-13-15-17-18-19-35-39-42-46-50-54-58-62-66-70-76(81)82-71-67-63-59-55-51-47-43-40-37-34-32-30-28-26-24-22-20-21-23-25-27-29-31-33-36-38-41-45-49-53-57-61-65-69-75(80)77-73(72-78)74(79)68-64-60-56-52-48-44-16-14-12-10-8-6-4-2/h17-18,24,26,73-74,78-79H,3-16,19-23,25,27-72H2,1-2H3,(H,77,80)/b18-17-,26-24-. The molecule has 0 fully saturated rings. The topological polar surface area (TPSA) is 95.9 Å². The third-order valence-electron chi connectivity index (χ3n) is 17.7. The molecule has 0 heterocycles. The lowest BCUT2D eigenvalue weighted by atomic mass is 10.0. The lowest BCUT2D eigenvalue weighted by Crippen LogP contribution is -2.45. The van der Waals surface area contributed by atoms with Crippen molar-refractivity contribution in [2.75, 3.05) is 13.2 Å². The molecule has 0 bridgehead atoms. The largest absolute Gasteiger partial charge is 0.466 e. The number of amides is 1. The van der Waals surface area contributed by atoms with Crippen LogP contribution in [0.25, 0.3) is 0 Å². The minimum atomic E-state index is -0.661. The molecule has 2 unspecified atom stereocenters. The van der Waals surface area contributed by atoms with E-state index in [1.165, 1.54) is 353 Å². The molecule has 3 N–H and O–H groups in total. The molecular formula is C76H147NO5. The van der Waals surface area contributed by atoms with Gasteiger partial charge in [0.15, 0.2) is 0 Å². The Morgan fingerprint density at radius 3 is 0.866 bits per heavy atom. The average Bonchev–Trinajstić information content (AvgIpc) is 3.48. The highest BCUT2D eigenvalue weighted by Crippen LogP contribution is 2.19. The van der Waals surface area contributed by atoms with Crippen molar-refractivity contribution in [2.45, 2.75) is 437 Å². The number of unbranched alkanes of at least 4 members (excludes halogenated alkanes) is 56. The van der Waals surface area contributed by atoms with Crippen LogP contribution in [0.5, 0.6) is 0 Å². The van der Waals surface area contributed by atoms with E-state index in [-0.39, 0.29) is 18.5 Å². The molecule has 0 aromatic rings. The zero-order valence-corrected chi connectivity index (χ0v) is 55.8. The van der Waals surface area contributed by atoms with Gasteiger partial charge in [0.05, 0.1) is 25.4 Å². The minimum absolute atomic E-state index is 0.0191. The van der Waals surface area contributed by atoms with E-state index in [0.717, 1.165) is 38.5 Å². The van der Waals surface area contributed by atoms with E-state index >= 15 is 0 Å². The van der Waals surface area contributed by atoms with Crippen LogP contribution >= 0.6 is 0 Å². The zero-order valence-electron chi connectivity index (χ0n) is 55.8. The van der Waals surface area contributed by atoms with Gasteiger partial charge in [0.1, 0.15) is 0 Å². The van der Waals surface area contributed by atoms with Crippen molar-refractivity contribution in [3.63, 3.8) is 0 Å². The number of hydrogen-bond acceptors (Lipinski definition) is 5. The quantitative estimate of drug-likeness (QED) is 0.0320. The maximum absolute atomic E-state index is 12.5. The Morgan fingerprint density at radius 2 is 0.573 bits per heavy atom. The van der Waals surface area contributed by atoms with Crippen LogP contribution in [0.15, 0.2) is 24.3 Å². The lowest BCUT2D eigenvalue weighted by molar-refractivity contribution is -0.143. The molecule has 6 heteroatoms. The van der Waals surface area contributed by atoms with Crippen LogP contribution in [-0.4, -0.2) is 47.4 Å². The van der Waals surface area contributed by atoms with Crippen LogP contribution in [0, 0.1) is 0 Å². The molecule has 0 saturated carbocycles. The van der Waals surface area contributed by atoms with Gasteiger partial charge in [0.25, 0.3) is 0 Å². The highest BCUT2D eigenvalue weighted by Gasteiger charge is 2.20. The van der Waals surface area contributed by atoms with Crippen molar-refractivity contribution < 1.29 is 24.5 Å². The molecule has 0 spiro atoms. The van der Waals surface area contributed by atoms with E-state index in [4.69, 9.17) is 4.74 Å². The highest BCUT2D eigenvalue weighted by molar-refractivity contribution is 5.76. The average molecular weight is 1160 g/mol. The lowest BCUT2D eigenvalue weighted by Gasteiger charge is -2.22. The minimum Gasteiger partial charge on any atom is -0.466 e. The summed E-state index contributed by atoms with van der Waals surface area (Å²) in [4.78, 5) is 24.6. The van der Waals surface area contributed by atoms with Gasteiger partial charge >= 0.3 is 5.97 Å². The summed E-state index contributed by atoms with van der Waals surface area (Å²) in [6, 6.07) is -0.538. The molecular weight excluding hydrogens is 1010 g/mol. The molecule has 0 saturated heterocycles. The Bertz CT molecular complexity index is 1280. The highest BCUT2D eigenvalue weighted by atomic mass is 16.5. The van der Waals surface area contributed by atoms with Gasteiger partial charge in [-0.1, -0.05) is 359 Å². The van der Waals surface area contributed by atoms with E-state index in [1.807, 2.05) is 0 Å². The molecule has 6 nitrogen and oxygen atoms in total. The molecule has 0 radical (unpaired) electrons. The van der Waals surface area contributed by atoms with Crippen LogP contribution in [-0.2, 0) is 14.3 Å². The number of rotatable bonds is 71. The number of aliphatic hydroxyl groups excluding tert-OH is 2. The third kappa shape index (κ3) is 67.5. The number of esters is 1. The first-order valence-electron chi connectivity index (χ1n) is 37.6. The van der Waals surface area contributed by atoms with Gasteiger partial charge in [-0.05, 0) is 77.0 Å². The van der Waals surface area contributed by atoms with Crippen molar-refractivity contribution in [1.82, 2.24) is 5.32 Å². The van der Waals surface area contributed by atoms with Crippen molar-refractivity contribution in [3.8, 4) is 0 Å². The Morgan fingerprint density at radius 1 is 0.329 bits per heavy atom. The summed E-state index contributed by atoms with van der Waals surface area (Å²) in [7, 11) is 0. The summed E-state index contributed by atoms with van der Waals surface area (Å²) in [5, 5.41) is 23.3. The molecule has 82 heavy (non-hydrogen) atoms. The fourth-order valence-corrected chi connectivity index (χ4v) is 12.0. The summed E-state index contributed by atoms with van der Waals surface area (Å²) >= 11 is 0. The van der Waals surface area contributed by atoms with Crippen LogP contribution < -0.4 is 5.32 Å². The second-order valence-electron chi connectivity index (χ2n) is 26.0. The summed E-state index contributed by atoms with van der Waals surface area (Å²) in [5.74, 6) is -0.0104. The van der Waals surface area contributed by atoms with E-state index in [0.29, 0.717) is 25.9 Å². The number of carbonyl (C=O) groups is 2. The van der Waals surface area contributed by atoms with Gasteiger partial charge in [-0.3, -0.25) is 9.59 Å². The van der Waals surface area contributed by atoms with Gasteiger partial charge in [0.2, 0.25) is 5.91 Å². The smallest absolute Gasteiger partial charge is 0.305 e. The van der Waals surface area contributed by atoms with Crippen LogP contribution in [0.3, 0.4) is 0 Å². The second-order valence-corrected chi connectivity index (χ2v) is 26.0. The summed E-state index contributed by atoms with van der Waals surface area (Å²) < 4.78 is 5.51. The molecule has 0 aliphatic heterocycles.